The number of amides is 1. The maximum Gasteiger partial charge on any atom is 0.343 e. The predicted molar refractivity (Wildman–Crippen MR) is 116 cm³/mol. The topological polar surface area (TPSA) is 99.2 Å². The monoisotopic (exact) mass is 440 g/mol. The third-order valence-electron chi connectivity index (χ3n) is 4.26. The van der Waals surface area contributed by atoms with E-state index in [1.165, 1.54) is 16.7 Å². The number of anilines is 2. The smallest absolute Gasteiger partial charge is 0.343 e. The highest BCUT2D eigenvalue weighted by Gasteiger charge is 2.19. The Morgan fingerprint density at radius 2 is 1.67 bits per heavy atom. The van der Waals surface area contributed by atoms with Crippen LogP contribution in [0, 0.1) is 0 Å². The molecule has 9 heteroatoms. The molecule has 0 bridgehead atoms. The maximum absolute atomic E-state index is 12.5. The van der Waals surface area contributed by atoms with Crippen LogP contribution in [-0.2, 0) is 0 Å². The van der Waals surface area contributed by atoms with Gasteiger partial charge in [-0.15, -0.1) is 0 Å². The SMILES string of the molecule is NC(=O)n1c(Nc2c(Cl)cccc2Cl)nc2cc(C(=O)Oc3ccccc3)ccc21. The lowest BCUT2D eigenvalue weighted by molar-refractivity contribution is 0.0735. The lowest BCUT2D eigenvalue weighted by Gasteiger charge is -2.10. The summed E-state index contributed by atoms with van der Waals surface area (Å²) in [5.41, 5.74) is 6.95. The van der Waals surface area contributed by atoms with Gasteiger partial charge in [0.2, 0.25) is 5.95 Å². The summed E-state index contributed by atoms with van der Waals surface area (Å²) in [5.74, 6) is -0.0255. The second-order valence-corrected chi connectivity index (χ2v) is 7.05. The van der Waals surface area contributed by atoms with Gasteiger partial charge in [0.25, 0.3) is 0 Å². The summed E-state index contributed by atoms with van der Waals surface area (Å²) >= 11 is 12.4. The van der Waals surface area contributed by atoms with Gasteiger partial charge in [0.05, 0.1) is 32.3 Å². The molecule has 0 spiro atoms. The summed E-state index contributed by atoms with van der Waals surface area (Å²) in [6.45, 7) is 0. The number of carbonyl (C=O) groups is 2. The molecule has 3 aromatic carbocycles. The molecule has 0 aliphatic rings. The number of rotatable bonds is 4. The highest BCUT2D eigenvalue weighted by atomic mass is 35.5. The zero-order valence-corrected chi connectivity index (χ0v) is 16.8. The van der Waals surface area contributed by atoms with Crippen LogP contribution in [0.5, 0.6) is 5.75 Å². The van der Waals surface area contributed by atoms with Crippen LogP contribution in [0.1, 0.15) is 10.4 Å². The lowest BCUT2D eigenvalue weighted by atomic mass is 10.2. The van der Waals surface area contributed by atoms with Crippen LogP contribution >= 0.6 is 23.2 Å². The molecule has 0 atom stereocenters. The summed E-state index contributed by atoms with van der Waals surface area (Å²) in [5, 5.41) is 3.63. The summed E-state index contributed by atoms with van der Waals surface area (Å²) in [4.78, 5) is 28.9. The highest BCUT2D eigenvalue weighted by Crippen LogP contribution is 2.33. The van der Waals surface area contributed by atoms with Gasteiger partial charge in [-0.3, -0.25) is 0 Å². The number of hydrogen-bond acceptors (Lipinski definition) is 5. The zero-order chi connectivity index (χ0) is 21.3. The number of halogens is 2. The molecule has 1 amide bonds. The predicted octanol–water partition coefficient (Wildman–Crippen LogP) is 5.23. The van der Waals surface area contributed by atoms with Gasteiger partial charge in [-0.2, -0.15) is 0 Å². The van der Waals surface area contributed by atoms with Crippen molar-refractivity contribution < 1.29 is 14.3 Å². The Morgan fingerprint density at radius 3 is 2.33 bits per heavy atom. The maximum atomic E-state index is 12.5. The molecule has 0 aliphatic heterocycles. The van der Waals surface area contributed by atoms with E-state index in [9.17, 15) is 9.59 Å². The van der Waals surface area contributed by atoms with Crippen LogP contribution < -0.4 is 15.8 Å². The van der Waals surface area contributed by atoms with E-state index >= 15 is 0 Å². The molecular formula is C21H14Cl2N4O3. The van der Waals surface area contributed by atoms with Crippen molar-refractivity contribution in [2.75, 3.05) is 5.32 Å². The summed E-state index contributed by atoms with van der Waals surface area (Å²) in [7, 11) is 0. The fourth-order valence-corrected chi connectivity index (χ4v) is 3.39. The number of nitrogens with two attached hydrogens (primary N) is 1. The van der Waals surface area contributed by atoms with Crippen molar-refractivity contribution in [2.24, 2.45) is 5.73 Å². The molecule has 0 aliphatic carbocycles. The fourth-order valence-electron chi connectivity index (χ4n) is 2.90. The van der Waals surface area contributed by atoms with Crippen molar-refractivity contribution in [3.63, 3.8) is 0 Å². The summed E-state index contributed by atoms with van der Waals surface area (Å²) in [6.07, 6.45) is 0. The Hall–Kier alpha value is -3.55. The van der Waals surface area contributed by atoms with E-state index in [0.717, 1.165) is 0 Å². The molecule has 150 valence electrons. The number of benzene rings is 3. The van der Waals surface area contributed by atoms with Gasteiger partial charge >= 0.3 is 12.0 Å². The molecule has 0 unspecified atom stereocenters. The van der Waals surface area contributed by atoms with E-state index in [2.05, 4.69) is 10.3 Å². The fraction of sp³-hybridized carbons (Fsp3) is 0. The van der Waals surface area contributed by atoms with Crippen molar-refractivity contribution in [1.29, 1.82) is 0 Å². The Balaban J connectivity index is 1.73. The molecule has 3 N–H and O–H groups in total. The van der Waals surface area contributed by atoms with Gasteiger partial charge in [-0.05, 0) is 42.5 Å². The van der Waals surface area contributed by atoms with E-state index in [1.807, 2.05) is 6.07 Å². The quantitative estimate of drug-likeness (QED) is 0.334. The number of aromatic nitrogens is 2. The van der Waals surface area contributed by atoms with Crippen molar-refractivity contribution >= 4 is 57.9 Å². The van der Waals surface area contributed by atoms with Gasteiger partial charge in [0.1, 0.15) is 5.75 Å². The van der Waals surface area contributed by atoms with Crippen molar-refractivity contribution in [3.05, 3.63) is 82.3 Å². The first-order chi connectivity index (χ1) is 14.4. The normalized spacial score (nSPS) is 10.7. The van der Waals surface area contributed by atoms with E-state index < -0.39 is 12.0 Å². The number of nitrogens with zero attached hydrogens (tertiary/aromatic N) is 2. The molecule has 30 heavy (non-hydrogen) atoms. The minimum Gasteiger partial charge on any atom is -0.423 e. The molecule has 0 saturated heterocycles. The first-order valence-corrected chi connectivity index (χ1v) is 9.50. The van der Waals surface area contributed by atoms with Crippen LogP contribution in [0.25, 0.3) is 11.0 Å². The Morgan fingerprint density at radius 1 is 0.967 bits per heavy atom. The third kappa shape index (κ3) is 3.80. The van der Waals surface area contributed by atoms with Gasteiger partial charge in [-0.25, -0.2) is 19.1 Å². The number of primary amides is 1. The van der Waals surface area contributed by atoms with E-state index in [0.29, 0.717) is 32.5 Å². The minimum atomic E-state index is -0.761. The second-order valence-electron chi connectivity index (χ2n) is 6.24. The van der Waals surface area contributed by atoms with Crippen LogP contribution in [0.3, 0.4) is 0 Å². The number of imidazole rings is 1. The van der Waals surface area contributed by atoms with Crippen LogP contribution in [0.4, 0.5) is 16.4 Å². The summed E-state index contributed by atoms with van der Waals surface area (Å²) in [6, 6.07) is 17.5. The van der Waals surface area contributed by atoms with Gasteiger partial charge in [0, 0.05) is 0 Å². The van der Waals surface area contributed by atoms with Gasteiger partial charge in [0.15, 0.2) is 0 Å². The zero-order valence-electron chi connectivity index (χ0n) is 15.3. The van der Waals surface area contributed by atoms with E-state index in [1.54, 1.807) is 48.5 Å². The van der Waals surface area contributed by atoms with Crippen LogP contribution in [0.15, 0.2) is 66.7 Å². The molecule has 7 nitrogen and oxygen atoms in total. The molecule has 4 aromatic rings. The van der Waals surface area contributed by atoms with Gasteiger partial charge in [-0.1, -0.05) is 47.5 Å². The summed E-state index contributed by atoms with van der Waals surface area (Å²) < 4.78 is 6.51. The Labute approximate surface area is 181 Å². The molecule has 1 heterocycles. The number of esters is 1. The first kappa shape index (κ1) is 19.8. The van der Waals surface area contributed by atoms with Crippen molar-refractivity contribution in [2.45, 2.75) is 0 Å². The lowest BCUT2D eigenvalue weighted by Crippen LogP contribution is -2.21. The third-order valence-corrected chi connectivity index (χ3v) is 4.89. The first-order valence-electron chi connectivity index (χ1n) is 8.74. The van der Waals surface area contributed by atoms with Crippen LogP contribution in [-0.4, -0.2) is 21.6 Å². The average molecular weight is 441 g/mol. The minimum absolute atomic E-state index is 0.112. The molecule has 4 rings (SSSR count). The number of para-hydroxylation sites is 2. The van der Waals surface area contributed by atoms with E-state index in [-0.39, 0.29) is 11.5 Å². The molecular weight excluding hydrogens is 427 g/mol. The molecule has 0 fully saturated rings. The number of fused-ring (bicyclic) bond motifs is 1. The van der Waals surface area contributed by atoms with Crippen molar-refractivity contribution in [1.82, 2.24) is 9.55 Å². The average Bonchev–Trinajstić information content (AvgIpc) is 3.09. The Kier molecular flexibility index (Phi) is 5.31. The van der Waals surface area contributed by atoms with Crippen LogP contribution in [0.2, 0.25) is 10.0 Å². The number of nitrogens with one attached hydrogen (secondary N) is 1. The highest BCUT2D eigenvalue weighted by molar-refractivity contribution is 6.39. The molecule has 0 saturated carbocycles. The number of carbonyl (C=O) groups excluding carboxylic acids is 2. The standard InChI is InChI=1S/C21H14Cl2N4O3/c22-14-7-4-8-15(23)18(14)26-21-25-16-11-12(9-10-17(16)27(21)20(24)29)19(28)30-13-5-2-1-3-6-13/h1-11H,(H2,24,29)(H,25,26). The van der Waals surface area contributed by atoms with Gasteiger partial charge < -0.3 is 15.8 Å². The second kappa shape index (κ2) is 8.06. The number of ether oxygens (including phenoxy) is 1. The number of hydrogen-bond donors (Lipinski definition) is 2. The molecule has 0 radical (unpaired) electrons. The Bertz CT molecular complexity index is 1250. The van der Waals surface area contributed by atoms with E-state index in [4.69, 9.17) is 33.7 Å². The molecule has 1 aromatic heterocycles. The van der Waals surface area contributed by atoms with Crippen molar-refractivity contribution in [3.8, 4) is 5.75 Å². The largest absolute Gasteiger partial charge is 0.423 e.